The average molecular weight is 469 g/mol. The number of ether oxygens (including phenoxy) is 1. The van der Waals surface area contributed by atoms with Crippen LogP contribution in [0.3, 0.4) is 0 Å². The fraction of sp³-hybridized carbons (Fsp3) is 0.654. The van der Waals surface area contributed by atoms with Gasteiger partial charge in [-0.15, -0.1) is 0 Å². The van der Waals surface area contributed by atoms with Crippen LogP contribution in [0.4, 0.5) is 0 Å². The molecule has 3 amide bonds. The van der Waals surface area contributed by atoms with E-state index >= 15 is 0 Å². The standard InChI is InChI=1S/C26H36N4O4/c1-16(2)29(14-17-7-9-27-10-8-17)19-11-21(12-19)34-20-4-3-18-15-30(26(33)22(18)13-20)23-5-6-24(31)28-25(23)32/h3-4,13,16-17,19,21,23,27H,5-12,14-15H2,1-2H3,(H,28,31,32)/t19-,21-,23?. The maximum atomic E-state index is 13.0. The zero-order valence-electron chi connectivity index (χ0n) is 20.2. The van der Waals surface area contributed by atoms with E-state index in [2.05, 4.69) is 29.4 Å². The molecular weight excluding hydrogens is 432 g/mol. The second-order valence-electron chi connectivity index (χ2n) is 10.6. The van der Waals surface area contributed by atoms with Crippen molar-refractivity contribution in [3.05, 3.63) is 29.3 Å². The van der Waals surface area contributed by atoms with Gasteiger partial charge >= 0.3 is 0 Å². The van der Waals surface area contributed by atoms with E-state index in [1.165, 1.54) is 19.4 Å². The lowest BCUT2D eigenvalue weighted by atomic mass is 9.85. The first kappa shape index (κ1) is 23.3. The first-order valence-electron chi connectivity index (χ1n) is 12.8. The van der Waals surface area contributed by atoms with Gasteiger partial charge in [-0.3, -0.25) is 24.6 Å². The van der Waals surface area contributed by atoms with Crippen LogP contribution in [0.1, 0.15) is 68.3 Å². The molecule has 0 aromatic heterocycles. The Hall–Kier alpha value is -2.45. The second kappa shape index (κ2) is 9.66. The van der Waals surface area contributed by atoms with Crippen molar-refractivity contribution in [3.8, 4) is 5.75 Å². The van der Waals surface area contributed by atoms with Gasteiger partial charge in [0.2, 0.25) is 11.8 Å². The van der Waals surface area contributed by atoms with Crippen molar-refractivity contribution in [1.82, 2.24) is 20.4 Å². The van der Waals surface area contributed by atoms with Crippen molar-refractivity contribution in [2.45, 2.75) is 83.1 Å². The molecule has 0 radical (unpaired) electrons. The van der Waals surface area contributed by atoms with Crippen molar-refractivity contribution in [1.29, 1.82) is 0 Å². The van der Waals surface area contributed by atoms with E-state index in [1.54, 1.807) is 4.90 Å². The Labute approximate surface area is 201 Å². The summed E-state index contributed by atoms with van der Waals surface area (Å²) in [5, 5.41) is 5.81. The molecule has 2 N–H and O–H groups in total. The predicted molar refractivity (Wildman–Crippen MR) is 127 cm³/mol. The maximum absolute atomic E-state index is 13.0. The third kappa shape index (κ3) is 4.70. The number of fused-ring (bicyclic) bond motifs is 1. The predicted octanol–water partition coefficient (Wildman–Crippen LogP) is 2.07. The Morgan fingerprint density at radius 1 is 1.12 bits per heavy atom. The lowest BCUT2D eigenvalue weighted by Crippen LogP contribution is -2.53. The van der Waals surface area contributed by atoms with Gasteiger partial charge in [0, 0.05) is 50.0 Å². The number of carbonyl (C=O) groups excluding carboxylic acids is 3. The van der Waals surface area contributed by atoms with Crippen LogP contribution in [0.5, 0.6) is 5.75 Å². The van der Waals surface area contributed by atoms with Gasteiger partial charge in [-0.05, 0) is 69.8 Å². The monoisotopic (exact) mass is 468 g/mol. The molecule has 1 unspecified atom stereocenters. The molecule has 3 heterocycles. The Morgan fingerprint density at radius 3 is 2.59 bits per heavy atom. The number of hydrogen-bond acceptors (Lipinski definition) is 6. The average Bonchev–Trinajstić information content (AvgIpc) is 3.11. The normalized spacial score (nSPS) is 27.7. The summed E-state index contributed by atoms with van der Waals surface area (Å²) in [4.78, 5) is 41.0. The van der Waals surface area contributed by atoms with Gasteiger partial charge in [0.05, 0.1) is 0 Å². The van der Waals surface area contributed by atoms with Crippen LogP contribution in [-0.2, 0) is 16.1 Å². The SMILES string of the molecule is CC(C)N(CC1CCNCC1)[C@H]1C[C@H](Oc2ccc3c(c2)C(=O)N(C2CCC(=O)NC2=O)C3)C1. The van der Waals surface area contributed by atoms with Crippen LogP contribution in [0.25, 0.3) is 0 Å². The number of nitrogens with one attached hydrogen (secondary N) is 2. The summed E-state index contributed by atoms with van der Waals surface area (Å²) in [5.74, 6) is 0.684. The van der Waals surface area contributed by atoms with Gasteiger partial charge in [-0.25, -0.2) is 0 Å². The van der Waals surface area contributed by atoms with Crippen molar-refractivity contribution in [2.75, 3.05) is 19.6 Å². The topological polar surface area (TPSA) is 91.0 Å². The maximum Gasteiger partial charge on any atom is 0.255 e. The van der Waals surface area contributed by atoms with Gasteiger partial charge in [0.1, 0.15) is 17.9 Å². The molecule has 34 heavy (non-hydrogen) atoms. The van der Waals surface area contributed by atoms with E-state index in [0.717, 1.165) is 43.2 Å². The van der Waals surface area contributed by atoms with Gasteiger partial charge in [-0.2, -0.15) is 0 Å². The van der Waals surface area contributed by atoms with E-state index in [9.17, 15) is 14.4 Å². The van der Waals surface area contributed by atoms with Gasteiger partial charge in [-0.1, -0.05) is 6.07 Å². The zero-order chi connectivity index (χ0) is 23.8. The lowest BCUT2D eigenvalue weighted by Gasteiger charge is -2.46. The summed E-state index contributed by atoms with van der Waals surface area (Å²) in [5.41, 5.74) is 1.51. The Bertz CT molecular complexity index is 952. The zero-order valence-corrected chi connectivity index (χ0v) is 20.2. The molecule has 3 fully saturated rings. The molecule has 4 aliphatic rings. The first-order valence-corrected chi connectivity index (χ1v) is 12.8. The largest absolute Gasteiger partial charge is 0.490 e. The van der Waals surface area contributed by atoms with Gasteiger partial charge in [0.25, 0.3) is 5.91 Å². The highest BCUT2D eigenvalue weighted by atomic mass is 16.5. The van der Waals surface area contributed by atoms with Crippen molar-refractivity contribution < 1.29 is 19.1 Å². The third-order valence-electron chi connectivity index (χ3n) is 7.93. The molecule has 1 saturated carbocycles. The molecule has 1 aliphatic carbocycles. The molecule has 0 spiro atoms. The first-order chi connectivity index (χ1) is 16.4. The van der Waals surface area contributed by atoms with Crippen LogP contribution in [0.2, 0.25) is 0 Å². The van der Waals surface area contributed by atoms with E-state index < -0.39 is 6.04 Å². The number of carbonyl (C=O) groups is 3. The van der Waals surface area contributed by atoms with Crippen molar-refractivity contribution in [2.24, 2.45) is 5.92 Å². The van der Waals surface area contributed by atoms with Crippen LogP contribution >= 0.6 is 0 Å². The Morgan fingerprint density at radius 2 is 1.88 bits per heavy atom. The minimum Gasteiger partial charge on any atom is -0.490 e. The number of amides is 3. The molecule has 2 saturated heterocycles. The summed E-state index contributed by atoms with van der Waals surface area (Å²) in [6.45, 7) is 8.40. The van der Waals surface area contributed by atoms with Gasteiger partial charge in [0.15, 0.2) is 0 Å². The molecule has 0 bridgehead atoms. The fourth-order valence-electron chi connectivity index (χ4n) is 5.85. The van der Waals surface area contributed by atoms with Crippen LogP contribution in [-0.4, -0.2) is 71.4 Å². The quantitative estimate of drug-likeness (QED) is 0.596. The summed E-state index contributed by atoms with van der Waals surface area (Å²) in [6.07, 6.45) is 5.34. The van der Waals surface area contributed by atoms with E-state index in [1.807, 2.05) is 18.2 Å². The molecule has 8 heteroatoms. The number of benzene rings is 1. The molecule has 1 atom stereocenters. The molecule has 3 aliphatic heterocycles. The summed E-state index contributed by atoms with van der Waals surface area (Å²) < 4.78 is 6.26. The van der Waals surface area contributed by atoms with E-state index in [0.29, 0.717) is 30.6 Å². The molecule has 184 valence electrons. The molecule has 1 aromatic carbocycles. The highest BCUT2D eigenvalue weighted by Gasteiger charge is 2.40. The minimum atomic E-state index is -0.587. The summed E-state index contributed by atoms with van der Waals surface area (Å²) in [6, 6.07) is 6.18. The minimum absolute atomic E-state index is 0.158. The molecular formula is C26H36N4O4. The van der Waals surface area contributed by atoms with Crippen molar-refractivity contribution in [3.63, 3.8) is 0 Å². The number of nitrogens with zero attached hydrogens (tertiary/aromatic N) is 2. The molecule has 8 nitrogen and oxygen atoms in total. The third-order valence-corrected chi connectivity index (χ3v) is 7.93. The van der Waals surface area contributed by atoms with Crippen LogP contribution < -0.4 is 15.4 Å². The summed E-state index contributed by atoms with van der Waals surface area (Å²) >= 11 is 0. The lowest BCUT2D eigenvalue weighted by molar-refractivity contribution is -0.136. The highest BCUT2D eigenvalue weighted by Crippen LogP contribution is 2.35. The van der Waals surface area contributed by atoms with E-state index in [4.69, 9.17) is 4.74 Å². The summed E-state index contributed by atoms with van der Waals surface area (Å²) in [7, 11) is 0. The smallest absolute Gasteiger partial charge is 0.255 e. The Kier molecular flexibility index (Phi) is 6.62. The van der Waals surface area contributed by atoms with Gasteiger partial charge < -0.3 is 15.0 Å². The Balaban J connectivity index is 1.17. The molecule has 5 rings (SSSR count). The van der Waals surface area contributed by atoms with E-state index in [-0.39, 0.29) is 30.2 Å². The van der Waals surface area contributed by atoms with Crippen LogP contribution in [0, 0.1) is 5.92 Å². The number of rotatable bonds is 7. The fourth-order valence-corrected chi connectivity index (χ4v) is 5.85. The number of hydrogen-bond donors (Lipinski definition) is 2. The highest BCUT2D eigenvalue weighted by molar-refractivity contribution is 6.05. The number of piperidine rings is 2. The van der Waals surface area contributed by atoms with Crippen LogP contribution in [0.15, 0.2) is 18.2 Å². The number of imide groups is 1. The second-order valence-corrected chi connectivity index (χ2v) is 10.6. The molecule has 1 aromatic rings. The van der Waals surface area contributed by atoms with Crippen molar-refractivity contribution >= 4 is 17.7 Å².